The van der Waals surface area contributed by atoms with Gasteiger partial charge in [0.15, 0.2) is 0 Å². The second kappa shape index (κ2) is 11.1. The molecule has 0 rings (SSSR count). The summed E-state index contributed by atoms with van der Waals surface area (Å²) >= 11 is 11.2. The Morgan fingerprint density at radius 1 is 0.483 bits per heavy atom. The topological polar surface area (TPSA) is 44.8 Å². The molecular weight excluding hydrogens is 587 g/mol. The van der Waals surface area contributed by atoms with Crippen LogP contribution < -0.4 is 0 Å². The fourth-order valence-electron chi connectivity index (χ4n) is 3.20. The van der Waals surface area contributed by atoms with Crippen LogP contribution in [0.2, 0.25) is 0 Å². The number of halogens is 3. The summed E-state index contributed by atoms with van der Waals surface area (Å²) in [6.07, 6.45) is 0. The highest BCUT2D eigenvalue weighted by molar-refractivity contribution is 9.10. The van der Waals surface area contributed by atoms with Gasteiger partial charge in [-0.3, -0.25) is 13.6 Å². The van der Waals surface area contributed by atoms with E-state index in [0.717, 1.165) is 0 Å². The molecule has 0 aliphatic rings. The van der Waals surface area contributed by atoms with E-state index in [1.54, 1.807) is 0 Å². The van der Waals surface area contributed by atoms with Crippen LogP contribution in [0.5, 0.6) is 0 Å². The van der Waals surface area contributed by atoms with Crippen LogP contribution in [0.15, 0.2) is 0 Å². The molecule has 0 amide bonds. The molecule has 0 atom stereocenters. The molecule has 0 fully saturated rings. The van der Waals surface area contributed by atoms with E-state index < -0.39 is 21.4 Å². The molecular formula is C21H42Br3O4P. The second-order valence-corrected chi connectivity index (χ2v) is 14.9. The molecule has 0 aliphatic heterocycles. The average molecular weight is 629 g/mol. The van der Waals surface area contributed by atoms with Gasteiger partial charge in [-0.25, -0.2) is 4.57 Å². The third-order valence-electron chi connectivity index (χ3n) is 5.48. The highest BCUT2D eigenvalue weighted by atomic mass is 79.9. The summed E-state index contributed by atoms with van der Waals surface area (Å²) in [5.41, 5.74) is 0. The number of hydrogen-bond acceptors (Lipinski definition) is 4. The highest BCUT2D eigenvalue weighted by Crippen LogP contribution is 2.66. The van der Waals surface area contributed by atoms with Crippen LogP contribution >= 0.6 is 55.6 Å². The smallest absolute Gasteiger partial charge is 0.268 e. The van der Waals surface area contributed by atoms with Crippen molar-refractivity contribution in [1.29, 1.82) is 0 Å². The Morgan fingerprint density at radius 3 is 0.724 bits per heavy atom. The minimum Gasteiger partial charge on any atom is -0.268 e. The first-order valence-electron chi connectivity index (χ1n) is 10.6. The SMILES string of the molecule is CC(C)C(Br)(OP(=O)(OC(Br)(C(C)C)C(C)C)OC(Br)(C(C)C)C(C)C)C(C)C. The molecule has 0 saturated carbocycles. The zero-order chi connectivity index (χ0) is 23.6. The molecule has 0 spiro atoms. The predicted octanol–water partition coefficient (Wildman–Crippen LogP) is 9.35. The maximum Gasteiger partial charge on any atom is 0.478 e. The van der Waals surface area contributed by atoms with Gasteiger partial charge in [0.1, 0.15) is 13.5 Å². The molecule has 8 heteroatoms. The summed E-state index contributed by atoms with van der Waals surface area (Å²) < 4.78 is 30.6. The molecule has 0 aliphatic carbocycles. The van der Waals surface area contributed by atoms with Gasteiger partial charge in [-0.2, -0.15) is 0 Å². The normalized spacial score (nSPS) is 15.1. The first-order valence-corrected chi connectivity index (χ1v) is 14.4. The summed E-state index contributed by atoms with van der Waals surface area (Å²) in [7, 11) is -4.05. The van der Waals surface area contributed by atoms with Gasteiger partial charge in [0, 0.05) is 0 Å². The van der Waals surface area contributed by atoms with Crippen molar-refractivity contribution in [3.8, 4) is 0 Å². The lowest BCUT2D eigenvalue weighted by Crippen LogP contribution is -2.43. The van der Waals surface area contributed by atoms with Crippen molar-refractivity contribution >= 4 is 55.6 Å². The maximum absolute atomic E-state index is 14.3. The summed E-state index contributed by atoms with van der Waals surface area (Å²) in [6.45, 7) is 24.3. The van der Waals surface area contributed by atoms with Crippen molar-refractivity contribution in [3.05, 3.63) is 0 Å². The Morgan fingerprint density at radius 2 is 0.621 bits per heavy atom. The summed E-state index contributed by atoms with van der Waals surface area (Å²) in [5, 5.41) is 0. The van der Waals surface area contributed by atoms with Gasteiger partial charge in [0.05, 0.1) is 0 Å². The molecule has 0 N–H and O–H groups in total. The number of phosphoric ester groups is 1. The molecule has 0 heterocycles. The number of hydrogen-bond donors (Lipinski definition) is 0. The van der Waals surface area contributed by atoms with E-state index in [0.29, 0.717) is 0 Å². The van der Waals surface area contributed by atoms with Crippen LogP contribution in [0, 0.1) is 35.5 Å². The zero-order valence-corrected chi connectivity index (χ0v) is 25.8. The van der Waals surface area contributed by atoms with Gasteiger partial charge in [0.2, 0.25) is 0 Å². The van der Waals surface area contributed by atoms with Crippen molar-refractivity contribution in [2.24, 2.45) is 35.5 Å². The fourth-order valence-corrected chi connectivity index (χ4v) is 7.20. The van der Waals surface area contributed by atoms with Crippen molar-refractivity contribution in [2.45, 2.75) is 96.6 Å². The lowest BCUT2D eigenvalue weighted by molar-refractivity contribution is -0.0543. The largest absolute Gasteiger partial charge is 0.478 e. The highest BCUT2D eigenvalue weighted by Gasteiger charge is 2.54. The Kier molecular flexibility index (Phi) is 11.7. The molecule has 4 nitrogen and oxygen atoms in total. The van der Waals surface area contributed by atoms with Crippen molar-refractivity contribution in [2.75, 3.05) is 0 Å². The molecule has 0 unspecified atom stereocenters. The second-order valence-electron chi connectivity index (χ2n) is 9.74. The molecule has 29 heavy (non-hydrogen) atoms. The van der Waals surface area contributed by atoms with Crippen molar-refractivity contribution in [1.82, 2.24) is 0 Å². The van der Waals surface area contributed by atoms with E-state index in [1.807, 2.05) is 83.1 Å². The van der Waals surface area contributed by atoms with E-state index >= 15 is 0 Å². The van der Waals surface area contributed by atoms with E-state index in [4.69, 9.17) is 13.6 Å². The third-order valence-corrected chi connectivity index (χ3v) is 13.8. The summed E-state index contributed by atoms with van der Waals surface area (Å²) in [6, 6.07) is 0. The number of rotatable bonds is 12. The Balaban J connectivity index is 6.49. The van der Waals surface area contributed by atoms with E-state index in [1.165, 1.54) is 0 Å². The van der Waals surface area contributed by atoms with Gasteiger partial charge in [-0.15, -0.1) is 0 Å². The lowest BCUT2D eigenvalue weighted by atomic mass is 9.96. The van der Waals surface area contributed by atoms with Crippen LogP contribution in [0.25, 0.3) is 0 Å². The lowest BCUT2D eigenvalue weighted by Gasteiger charge is -2.45. The van der Waals surface area contributed by atoms with Crippen molar-refractivity contribution < 1.29 is 18.1 Å². The van der Waals surface area contributed by atoms with Gasteiger partial charge >= 0.3 is 7.82 Å². The average Bonchev–Trinajstić information content (AvgIpc) is 2.52. The van der Waals surface area contributed by atoms with Gasteiger partial charge in [-0.1, -0.05) is 131 Å². The predicted molar refractivity (Wildman–Crippen MR) is 135 cm³/mol. The standard InChI is InChI=1S/C21H42Br3O4P/c1-13(2)19(22,14(3)4)26-29(25,27-20(23,15(5)6)16(7)8)28-21(24,17(9)10)18(11)12/h13-18H,1-12H3. The summed E-state index contributed by atoms with van der Waals surface area (Å²) in [5.74, 6) is 0.215. The van der Waals surface area contributed by atoms with Crippen molar-refractivity contribution in [3.63, 3.8) is 0 Å². The molecule has 0 aromatic rings. The summed E-state index contributed by atoms with van der Waals surface area (Å²) in [4.78, 5) is 0. The van der Waals surface area contributed by atoms with Crippen LogP contribution in [-0.2, 0) is 18.1 Å². The van der Waals surface area contributed by atoms with Crippen LogP contribution in [0.1, 0.15) is 83.1 Å². The van der Waals surface area contributed by atoms with E-state index in [2.05, 4.69) is 47.8 Å². The Bertz CT molecular complexity index is 462. The molecule has 0 bridgehead atoms. The van der Waals surface area contributed by atoms with Gasteiger partial charge < -0.3 is 0 Å². The van der Waals surface area contributed by atoms with E-state index in [-0.39, 0.29) is 35.5 Å². The monoisotopic (exact) mass is 626 g/mol. The maximum atomic E-state index is 14.3. The molecule has 0 aromatic heterocycles. The van der Waals surface area contributed by atoms with Crippen LogP contribution in [0.4, 0.5) is 0 Å². The fraction of sp³-hybridized carbons (Fsp3) is 1.00. The van der Waals surface area contributed by atoms with Gasteiger partial charge in [-0.05, 0) is 35.5 Å². The number of phosphoric acid groups is 1. The minimum absolute atomic E-state index is 0.0358. The third kappa shape index (κ3) is 7.27. The first kappa shape index (κ1) is 30.6. The van der Waals surface area contributed by atoms with E-state index in [9.17, 15) is 4.57 Å². The number of alkyl halides is 3. The first-order chi connectivity index (χ1) is 12.8. The molecule has 0 saturated heterocycles. The van der Waals surface area contributed by atoms with Crippen LogP contribution in [-0.4, -0.2) is 13.5 Å². The van der Waals surface area contributed by atoms with Gasteiger partial charge in [0.25, 0.3) is 0 Å². The molecule has 0 radical (unpaired) electrons. The van der Waals surface area contributed by atoms with Crippen LogP contribution in [0.3, 0.4) is 0 Å². The quantitative estimate of drug-likeness (QED) is 0.160. The zero-order valence-electron chi connectivity index (χ0n) is 20.2. The molecule has 176 valence electrons. The minimum atomic E-state index is -4.05. The Hall–Kier alpha value is 1.55. The Labute approximate surface area is 205 Å². The molecule has 0 aromatic carbocycles.